The van der Waals surface area contributed by atoms with Crippen molar-refractivity contribution >= 4 is 53.3 Å². The summed E-state index contributed by atoms with van der Waals surface area (Å²) in [5.74, 6) is -3.00. The summed E-state index contributed by atoms with van der Waals surface area (Å²) in [4.78, 5) is 23.5. The number of sulfone groups is 1. The fourth-order valence-corrected chi connectivity index (χ4v) is 6.44. The fourth-order valence-electron chi connectivity index (χ4n) is 4.17. The molecule has 268 valence electrons. The van der Waals surface area contributed by atoms with Crippen molar-refractivity contribution in [3.05, 3.63) is 127 Å². The van der Waals surface area contributed by atoms with Crippen molar-refractivity contribution in [3.8, 4) is 11.5 Å². The van der Waals surface area contributed by atoms with Crippen LogP contribution in [0.2, 0.25) is 0 Å². The minimum atomic E-state index is -4.64. The van der Waals surface area contributed by atoms with Crippen molar-refractivity contribution < 1.29 is 101 Å². The van der Waals surface area contributed by atoms with E-state index >= 15 is 0 Å². The number of carbonyl (C=O) groups excluding carboxylic acids is 2. The number of hydrogen-bond donors (Lipinski definition) is 6. The number of nitrogens with one attached hydrogen (secondary N) is 2. The maximum Gasteiger partial charge on any atom is 1.00 e. The Hall–Kier alpha value is -4.37. The molecule has 0 spiro atoms. The number of benzene rings is 4. The molecule has 1 heterocycles. The van der Waals surface area contributed by atoms with Crippen LogP contribution in [0.4, 0.5) is 11.4 Å². The van der Waals surface area contributed by atoms with Gasteiger partial charge in [0.15, 0.2) is 12.4 Å². The molecular weight excluding hydrogens is 773 g/mol. The summed E-state index contributed by atoms with van der Waals surface area (Å²) in [6.45, 7) is 0. The van der Waals surface area contributed by atoms with E-state index in [4.69, 9.17) is 9.11 Å². The third kappa shape index (κ3) is 11.3. The molecule has 0 aliphatic carbocycles. The average molecular weight is 801 g/mol. The number of hydrogen-bond acceptors (Lipinski definition) is 10. The summed E-state index contributed by atoms with van der Waals surface area (Å²) >= 11 is 0. The number of carbonyl (C=O) groups is 2. The molecule has 5 rings (SSSR count). The molecule has 5 aromatic rings. The number of phenols is 2. The van der Waals surface area contributed by atoms with Crippen LogP contribution in [-0.4, -0.2) is 56.4 Å². The summed E-state index contributed by atoms with van der Waals surface area (Å²) in [5.41, 5.74) is -0.722. The molecule has 0 aliphatic heterocycles. The minimum Gasteiger partial charge on any atom is -1.00 e. The van der Waals surface area contributed by atoms with Gasteiger partial charge in [-0.2, -0.15) is 16.8 Å². The second-order valence-electron chi connectivity index (χ2n) is 10.3. The van der Waals surface area contributed by atoms with E-state index in [0.717, 1.165) is 36.4 Å². The predicted molar refractivity (Wildman–Crippen MR) is 178 cm³/mol. The molecule has 0 fully saturated rings. The molecule has 52 heavy (non-hydrogen) atoms. The van der Waals surface area contributed by atoms with Gasteiger partial charge in [-0.15, -0.1) is 0 Å². The standard InChI is InChI=1S/C26H20N2O12S3.C6H8N.ClH.Na/c29-23-11-9-19(42(35,36)37)13-21(23)25(31)27-15-1-5-17(6-2-15)41(33,34)18-7-3-16(4-8-18)28-26(32)22-14-20(43(38,39)40)10-12-24(22)30;1-7-5-3-2-4-6-7;;/h1-14,29-30H,(H,27,31)(H,28,32)(H,35,36,37)(H,38,39,40);2-6H,1H3;1H;/q;+1;;+1/p-1. The first-order valence-corrected chi connectivity index (χ1v) is 18.3. The SMILES string of the molecule is C[n+]1ccccc1.O=C(Nc1ccc(S(=O)(=O)c2ccc(NC(=O)c3cc(S(=O)(=O)O)ccc3O)cc2)cc1)c1cc(S(=O)(=O)O)ccc1O.[Cl-].[Na+]. The van der Waals surface area contributed by atoms with Crippen molar-refractivity contribution in [2.24, 2.45) is 7.05 Å². The average Bonchev–Trinajstić information content (AvgIpc) is 3.05. The van der Waals surface area contributed by atoms with Crippen LogP contribution in [0.15, 0.2) is 135 Å². The zero-order valence-electron chi connectivity index (χ0n) is 27.1. The van der Waals surface area contributed by atoms with Gasteiger partial charge in [-0.1, -0.05) is 6.07 Å². The van der Waals surface area contributed by atoms with E-state index in [1.165, 1.54) is 48.5 Å². The van der Waals surface area contributed by atoms with Gasteiger partial charge in [0.05, 0.1) is 30.7 Å². The first-order valence-electron chi connectivity index (χ1n) is 14.0. The molecule has 0 saturated carbocycles. The van der Waals surface area contributed by atoms with Gasteiger partial charge in [0, 0.05) is 23.5 Å². The summed E-state index contributed by atoms with van der Waals surface area (Å²) in [5, 5.41) is 24.6. The van der Waals surface area contributed by atoms with Gasteiger partial charge in [0.25, 0.3) is 32.1 Å². The zero-order chi connectivity index (χ0) is 36.9. The van der Waals surface area contributed by atoms with Gasteiger partial charge in [0.1, 0.15) is 18.5 Å². The first kappa shape index (κ1) is 43.8. The Morgan fingerprint density at radius 3 is 1.17 bits per heavy atom. The van der Waals surface area contributed by atoms with Crippen LogP contribution in [0.25, 0.3) is 0 Å². The van der Waals surface area contributed by atoms with Crippen molar-refractivity contribution in [2.45, 2.75) is 19.6 Å². The second kappa shape index (κ2) is 17.9. The van der Waals surface area contributed by atoms with Gasteiger partial charge in [0.2, 0.25) is 9.84 Å². The summed E-state index contributed by atoms with van der Waals surface area (Å²) < 4.78 is 91.9. The molecule has 2 amide bonds. The van der Waals surface area contributed by atoms with Gasteiger partial charge in [-0.05, 0) is 84.9 Å². The molecule has 20 heteroatoms. The van der Waals surface area contributed by atoms with Gasteiger partial charge < -0.3 is 33.3 Å². The van der Waals surface area contributed by atoms with Crippen LogP contribution in [0, 0.1) is 0 Å². The van der Waals surface area contributed by atoms with Crippen LogP contribution in [0.3, 0.4) is 0 Å². The van der Waals surface area contributed by atoms with Crippen LogP contribution in [-0.2, 0) is 37.1 Å². The topological polar surface area (TPSA) is 245 Å². The number of anilines is 2. The van der Waals surface area contributed by atoms with E-state index in [2.05, 4.69) is 10.6 Å². The Balaban J connectivity index is 0.000000930. The molecule has 0 unspecified atom stereocenters. The molecule has 0 bridgehead atoms. The van der Waals surface area contributed by atoms with E-state index in [9.17, 15) is 45.1 Å². The molecule has 0 atom stereocenters. The Kier molecular flexibility index (Phi) is 15.1. The molecule has 0 saturated heterocycles. The van der Waals surface area contributed by atoms with E-state index in [0.29, 0.717) is 0 Å². The quantitative estimate of drug-likeness (QED) is 0.0540. The van der Waals surface area contributed by atoms with E-state index in [-0.39, 0.29) is 63.1 Å². The normalized spacial score (nSPS) is 11.1. The second-order valence-corrected chi connectivity index (χ2v) is 15.1. The smallest absolute Gasteiger partial charge is 1.00 e. The Bertz CT molecular complexity index is 2250. The number of phenolic OH excluding ortho intramolecular Hbond substituents is 2. The molecule has 6 N–H and O–H groups in total. The number of halogens is 1. The third-order valence-electron chi connectivity index (χ3n) is 6.73. The molecule has 0 aliphatic rings. The van der Waals surface area contributed by atoms with Crippen LogP contribution in [0.1, 0.15) is 20.7 Å². The Morgan fingerprint density at radius 2 is 0.885 bits per heavy atom. The Labute approximate surface area is 327 Å². The monoisotopic (exact) mass is 800 g/mol. The molecule has 4 aromatic carbocycles. The summed E-state index contributed by atoms with van der Waals surface area (Å²) in [6, 6.07) is 20.9. The summed E-state index contributed by atoms with van der Waals surface area (Å²) in [7, 11) is -11.4. The van der Waals surface area contributed by atoms with Gasteiger partial charge >= 0.3 is 29.6 Å². The zero-order valence-corrected chi connectivity index (χ0v) is 32.3. The maximum absolute atomic E-state index is 13.1. The fraction of sp³-hybridized carbons (Fsp3) is 0.0312. The number of nitrogens with zero attached hydrogens (tertiary/aromatic N) is 1. The van der Waals surface area contributed by atoms with E-state index in [1.807, 2.05) is 42.2 Å². The van der Waals surface area contributed by atoms with E-state index in [1.54, 1.807) is 0 Å². The molecular formula is C32H28ClN3NaO12S3+. The number of aromatic nitrogens is 1. The van der Waals surface area contributed by atoms with Crippen molar-refractivity contribution in [3.63, 3.8) is 0 Å². The van der Waals surface area contributed by atoms with Gasteiger partial charge in [-0.3, -0.25) is 18.7 Å². The van der Waals surface area contributed by atoms with Crippen molar-refractivity contribution in [1.29, 1.82) is 0 Å². The molecule has 15 nitrogen and oxygen atoms in total. The van der Waals surface area contributed by atoms with E-state index < -0.39 is 74.3 Å². The Morgan fingerprint density at radius 1 is 0.558 bits per heavy atom. The first-order chi connectivity index (χ1) is 23.4. The number of aromatic hydroxyl groups is 2. The van der Waals surface area contributed by atoms with Crippen LogP contribution in [0.5, 0.6) is 11.5 Å². The third-order valence-corrected chi connectivity index (χ3v) is 10.2. The number of rotatable bonds is 8. The minimum absolute atomic E-state index is 0. The predicted octanol–water partition coefficient (Wildman–Crippen LogP) is -2.55. The number of pyridine rings is 1. The van der Waals surface area contributed by atoms with Crippen molar-refractivity contribution in [1.82, 2.24) is 0 Å². The molecule has 0 radical (unpaired) electrons. The maximum atomic E-state index is 13.1. The van der Waals surface area contributed by atoms with Crippen molar-refractivity contribution in [2.75, 3.05) is 10.6 Å². The molecule has 1 aromatic heterocycles. The van der Waals surface area contributed by atoms with Crippen LogP contribution >= 0.6 is 0 Å². The number of aryl methyl sites for hydroxylation is 1. The number of amides is 2. The van der Waals surface area contributed by atoms with Gasteiger partial charge in [-0.25, -0.2) is 13.0 Å². The van der Waals surface area contributed by atoms with Crippen LogP contribution < -0.4 is 57.2 Å². The largest absolute Gasteiger partial charge is 1.00 e. The summed E-state index contributed by atoms with van der Waals surface area (Å²) in [6.07, 6.45) is 4.00.